The summed E-state index contributed by atoms with van der Waals surface area (Å²) in [7, 11) is 0. The van der Waals surface area contributed by atoms with Gasteiger partial charge in [-0.25, -0.2) is 9.18 Å². The van der Waals surface area contributed by atoms with Crippen molar-refractivity contribution in [3.63, 3.8) is 0 Å². The lowest BCUT2D eigenvalue weighted by molar-refractivity contribution is 0.254. The molecule has 5 heteroatoms. The molecule has 0 atom stereocenters. The molecule has 2 aromatic rings. The molecule has 2 N–H and O–H groups in total. The predicted octanol–water partition coefficient (Wildman–Crippen LogP) is 3.90. The number of hydrogen-bond donors (Lipinski definition) is 1. The topological polar surface area (TPSA) is 58.7 Å². The highest BCUT2D eigenvalue weighted by molar-refractivity contribution is 6.14. The van der Waals surface area contributed by atoms with E-state index in [1.807, 2.05) is 30.3 Å². The quantitative estimate of drug-likeness (QED) is 0.882. The van der Waals surface area contributed by atoms with Crippen molar-refractivity contribution < 1.29 is 9.18 Å². The Balaban J connectivity index is 1.89. The van der Waals surface area contributed by atoms with Crippen LogP contribution in [0.1, 0.15) is 36.5 Å². The number of urea groups is 1. The van der Waals surface area contributed by atoms with E-state index in [0.717, 1.165) is 47.4 Å². The van der Waals surface area contributed by atoms with Crippen molar-refractivity contribution in [3.8, 4) is 0 Å². The molecular weight excluding hydrogens is 317 g/mol. The number of anilines is 1. The minimum Gasteiger partial charge on any atom is -0.351 e. The summed E-state index contributed by atoms with van der Waals surface area (Å²) >= 11 is 0. The highest BCUT2D eigenvalue weighted by Gasteiger charge is 2.17. The van der Waals surface area contributed by atoms with Gasteiger partial charge < -0.3 is 5.73 Å². The van der Waals surface area contributed by atoms with Crippen LogP contribution < -0.4 is 10.6 Å². The maximum Gasteiger partial charge on any atom is 0.319 e. The first kappa shape index (κ1) is 17.1. The molecule has 0 bridgehead atoms. The van der Waals surface area contributed by atoms with Crippen LogP contribution >= 0.6 is 0 Å². The number of fused-ring (bicyclic) bond motifs is 1. The van der Waals surface area contributed by atoms with Gasteiger partial charge in [-0.05, 0) is 42.7 Å². The molecule has 130 valence electrons. The number of carbonyl (C=O) groups excluding carboxylic acids is 1. The highest BCUT2D eigenvalue weighted by Crippen LogP contribution is 2.23. The van der Waals surface area contributed by atoms with Crippen LogP contribution in [0.4, 0.5) is 14.9 Å². The Morgan fingerprint density at radius 2 is 2.00 bits per heavy atom. The molecule has 0 saturated heterocycles. The second kappa shape index (κ2) is 7.47. The summed E-state index contributed by atoms with van der Waals surface area (Å²) in [5.41, 5.74) is 9.92. The number of carbonyl (C=O) groups is 1. The van der Waals surface area contributed by atoms with Gasteiger partial charge in [0.25, 0.3) is 0 Å². The van der Waals surface area contributed by atoms with Crippen LogP contribution in [-0.4, -0.2) is 24.8 Å². The molecule has 0 fully saturated rings. The van der Waals surface area contributed by atoms with Gasteiger partial charge in [-0.2, -0.15) is 0 Å². The fraction of sp³-hybridized carbons (Fsp3) is 0.300. The summed E-state index contributed by atoms with van der Waals surface area (Å²) in [4.78, 5) is 17.8. The van der Waals surface area contributed by atoms with Crippen LogP contribution in [0.3, 0.4) is 0 Å². The largest absolute Gasteiger partial charge is 0.351 e. The van der Waals surface area contributed by atoms with Gasteiger partial charge in [0.2, 0.25) is 0 Å². The second-order valence-electron chi connectivity index (χ2n) is 6.17. The number of hydrogen-bond acceptors (Lipinski definition) is 2. The van der Waals surface area contributed by atoms with Crippen molar-refractivity contribution in [2.24, 2.45) is 10.7 Å². The standard InChI is InChI=1S/C20H22FN3O/c1-2-3-12-24(20(22)25)17-8-5-15(6-9-17)19-18-13-16(21)7-4-14(18)10-11-23-19/h4-9,13H,2-3,10-12H2,1H3,(H2,22,25). The molecule has 2 amide bonds. The average molecular weight is 339 g/mol. The van der Waals surface area contributed by atoms with Crippen LogP contribution in [0.25, 0.3) is 0 Å². The SMILES string of the molecule is CCCCN(C(N)=O)c1ccc(C2=NCCc3ccc(F)cc32)cc1. The Kier molecular flexibility index (Phi) is 5.12. The van der Waals surface area contributed by atoms with E-state index in [1.54, 1.807) is 4.90 Å². The van der Waals surface area contributed by atoms with Gasteiger partial charge in [0.15, 0.2) is 0 Å². The lowest BCUT2D eigenvalue weighted by atomic mass is 9.93. The minimum atomic E-state index is -0.455. The zero-order chi connectivity index (χ0) is 17.8. The molecular formula is C20H22FN3O. The van der Waals surface area contributed by atoms with Crippen molar-refractivity contribution in [2.75, 3.05) is 18.0 Å². The van der Waals surface area contributed by atoms with Crippen LogP contribution in [0, 0.1) is 5.82 Å². The van der Waals surface area contributed by atoms with E-state index in [9.17, 15) is 9.18 Å². The Bertz CT molecular complexity index is 799. The number of halogens is 1. The molecule has 0 aliphatic carbocycles. The van der Waals surface area contributed by atoms with E-state index in [1.165, 1.54) is 12.1 Å². The second-order valence-corrected chi connectivity index (χ2v) is 6.17. The highest BCUT2D eigenvalue weighted by atomic mass is 19.1. The summed E-state index contributed by atoms with van der Waals surface area (Å²) in [5.74, 6) is -0.260. The van der Waals surface area contributed by atoms with E-state index in [0.29, 0.717) is 13.1 Å². The molecule has 1 heterocycles. The van der Waals surface area contributed by atoms with Crippen LogP contribution in [-0.2, 0) is 6.42 Å². The Morgan fingerprint density at radius 3 is 2.68 bits per heavy atom. The van der Waals surface area contributed by atoms with Gasteiger partial charge >= 0.3 is 6.03 Å². The molecule has 25 heavy (non-hydrogen) atoms. The summed E-state index contributed by atoms with van der Waals surface area (Å²) in [6, 6.07) is 12.0. The Morgan fingerprint density at radius 1 is 1.24 bits per heavy atom. The third kappa shape index (κ3) is 3.71. The van der Waals surface area contributed by atoms with Gasteiger partial charge in [-0.1, -0.05) is 31.5 Å². The first-order chi connectivity index (χ1) is 12.1. The third-order valence-corrected chi connectivity index (χ3v) is 4.43. The zero-order valence-corrected chi connectivity index (χ0v) is 14.3. The third-order valence-electron chi connectivity index (χ3n) is 4.43. The Labute approximate surface area is 147 Å². The number of primary amides is 1. The molecule has 1 aliphatic heterocycles. The van der Waals surface area contributed by atoms with Gasteiger partial charge in [0, 0.05) is 29.9 Å². The number of nitrogens with zero attached hydrogens (tertiary/aromatic N) is 2. The van der Waals surface area contributed by atoms with Gasteiger partial charge in [-0.15, -0.1) is 0 Å². The maximum absolute atomic E-state index is 13.6. The van der Waals surface area contributed by atoms with Crippen molar-refractivity contribution in [1.82, 2.24) is 0 Å². The fourth-order valence-electron chi connectivity index (χ4n) is 3.09. The van der Waals surface area contributed by atoms with Gasteiger partial charge in [0.05, 0.1) is 5.71 Å². The molecule has 3 rings (SSSR count). The normalized spacial score (nSPS) is 13.1. The number of aliphatic imine (C=N–C) groups is 1. The number of amides is 2. The smallest absolute Gasteiger partial charge is 0.319 e. The van der Waals surface area contributed by atoms with Crippen molar-refractivity contribution in [3.05, 3.63) is 65.0 Å². The van der Waals surface area contributed by atoms with Crippen LogP contribution in [0.5, 0.6) is 0 Å². The summed E-state index contributed by atoms with van der Waals surface area (Å²) < 4.78 is 13.6. The van der Waals surface area contributed by atoms with Crippen molar-refractivity contribution >= 4 is 17.4 Å². The predicted molar refractivity (Wildman–Crippen MR) is 98.9 cm³/mol. The summed E-state index contributed by atoms with van der Waals surface area (Å²) in [6.07, 6.45) is 2.70. The molecule has 1 aliphatic rings. The summed E-state index contributed by atoms with van der Waals surface area (Å²) in [6.45, 7) is 3.36. The lowest BCUT2D eigenvalue weighted by Gasteiger charge is -2.21. The van der Waals surface area contributed by atoms with E-state index < -0.39 is 6.03 Å². The number of nitrogens with two attached hydrogens (primary N) is 1. The number of benzene rings is 2. The molecule has 4 nitrogen and oxygen atoms in total. The molecule has 2 aromatic carbocycles. The van der Waals surface area contributed by atoms with Crippen molar-refractivity contribution in [2.45, 2.75) is 26.2 Å². The van der Waals surface area contributed by atoms with Gasteiger partial charge in [0.1, 0.15) is 5.82 Å². The molecule has 0 spiro atoms. The van der Waals surface area contributed by atoms with Crippen LogP contribution in [0.2, 0.25) is 0 Å². The van der Waals surface area contributed by atoms with E-state index in [-0.39, 0.29) is 5.82 Å². The van der Waals surface area contributed by atoms with Gasteiger partial charge in [-0.3, -0.25) is 9.89 Å². The van der Waals surface area contributed by atoms with E-state index in [2.05, 4.69) is 11.9 Å². The number of rotatable bonds is 5. The maximum atomic E-state index is 13.6. The average Bonchev–Trinajstić information content (AvgIpc) is 2.62. The van der Waals surface area contributed by atoms with Crippen LogP contribution in [0.15, 0.2) is 47.5 Å². The Hall–Kier alpha value is -2.69. The monoisotopic (exact) mass is 339 g/mol. The summed E-state index contributed by atoms with van der Waals surface area (Å²) in [5, 5.41) is 0. The number of unbranched alkanes of at least 4 members (excludes halogenated alkanes) is 1. The first-order valence-corrected chi connectivity index (χ1v) is 8.61. The molecule has 0 radical (unpaired) electrons. The van der Waals surface area contributed by atoms with E-state index >= 15 is 0 Å². The first-order valence-electron chi connectivity index (χ1n) is 8.61. The van der Waals surface area contributed by atoms with Crippen molar-refractivity contribution in [1.29, 1.82) is 0 Å². The molecule has 0 unspecified atom stereocenters. The zero-order valence-electron chi connectivity index (χ0n) is 14.3. The lowest BCUT2D eigenvalue weighted by Crippen LogP contribution is -2.36. The molecule has 0 saturated carbocycles. The molecule has 0 aromatic heterocycles. The fourth-order valence-corrected chi connectivity index (χ4v) is 3.09. The van der Waals surface area contributed by atoms with E-state index in [4.69, 9.17) is 5.73 Å². The minimum absolute atomic E-state index is 0.260.